The van der Waals surface area contributed by atoms with Gasteiger partial charge in [0.2, 0.25) is 5.91 Å². The van der Waals surface area contributed by atoms with Crippen molar-refractivity contribution < 1.29 is 9.22 Å². The lowest BCUT2D eigenvalue weighted by molar-refractivity contribution is -0.124. The molecule has 3 rings (SSSR count). The minimum atomic E-state index is -1.85. The first kappa shape index (κ1) is 19.1. The molecule has 26 heavy (non-hydrogen) atoms. The number of anilines is 1. The van der Waals surface area contributed by atoms with Crippen molar-refractivity contribution in [2.75, 3.05) is 18.1 Å². The number of hydrogen-bond donors (Lipinski definition) is 0. The van der Waals surface area contributed by atoms with Crippen LogP contribution in [0.2, 0.25) is 18.1 Å². The van der Waals surface area contributed by atoms with E-state index >= 15 is 0 Å². The molecule has 3 nitrogen and oxygen atoms in total. The molecule has 1 aliphatic heterocycles. The van der Waals surface area contributed by atoms with Gasteiger partial charge in [-0.2, -0.15) is 0 Å². The minimum absolute atomic E-state index is 0.171. The Morgan fingerprint density at radius 1 is 1.19 bits per heavy atom. The van der Waals surface area contributed by atoms with Crippen molar-refractivity contribution in [1.29, 1.82) is 0 Å². The van der Waals surface area contributed by atoms with Crippen LogP contribution in [0.4, 0.5) is 5.69 Å². The highest BCUT2D eigenvalue weighted by atomic mass is 28.4. The third-order valence-corrected chi connectivity index (χ3v) is 10.9. The Balaban J connectivity index is 1.86. The maximum Gasteiger partial charge on any atom is 0.237 e. The van der Waals surface area contributed by atoms with Crippen LogP contribution in [-0.2, 0) is 9.22 Å². The van der Waals surface area contributed by atoms with Crippen LogP contribution in [0.5, 0.6) is 0 Å². The summed E-state index contributed by atoms with van der Waals surface area (Å²) in [4.78, 5) is 15.4. The number of allylic oxidation sites excluding steroid dienone is 3. The van der Waals surface area contributed by atoms with Crippen molar-refractivity contribution in [3.63, 3.8) is 0 Å². The van der Waals surface area contributed by atoms with Crippen LogP contribution in [0, 0.1) is 11.3 Å². The summed E-state index contributed by atoms with van der Waals surface area (Å²) in [7, 11) is -1.85. The highest BCUT2D eigenvalue weighted by Crippen LogP contribution is 2.46. The molecular formula is C22H31NO2Si. The molecule has 0 N–H and O–H groups in total. The van der Waals surface area contributed by atoms with Gasteiger partial charge in [0.05, 0.1) is 5.41 Å². The molecule has 0 bridgehead atoms. The smallest absolute Gasteiger partial charge is 0.237 e. The first-order valence-electron chi connectivity index (χ1n) is 9.53. The van der Waals surface area contributed by atoms with E-state index in [2.05, 4.69) is 46.0 Å². The fraction of sp³-hybridized carbons (Fsp3) is 0.500. The third kappa shape index (κ3) is 3.32. The molecule has 140 valence electrons. The second-order valence-corrected chi connectivity index (χ2v) is 13.9. The zero-order valence-electron chi connectivity index (χ0n) is 16.7. The van der Waals surface area contributed by atoms with Gasteiger partial charge >= 0.3 is 0 Å². The summed E-state index contributed by atoms with van der Waals surface area (Å²) in [6.07, 6.45) is 9.05. The van der Waals surface area contributed by atoms with Gasteiger partial charge in [-0.25, -0.2) is 0 Å². The van der Waals surface area contributed by atoms with E-state index in [0.717, 1.165) is 18.7 Å². The largest absolute Gasteiger partial charge is 0.416 e. The second kappa shape index (κ2) is 6.82. The van der Waals surface area contributed by atoms with Crippen LogP contribution in [0.25, 0.3) is 0 Å². The van der Waals surface area contributed by atoms with Gasteiger partial charge in [-0.1, -0.05) is 63.3 Å². The van der Waals surface area contributed by atoms with Crippen LogP contribution in [0.1, 0.15) is 27.2 Å². The first-order valence-corrected chi connectivity index (χ1v) is 12.4. The molecule has 4 heteroatoms. The van der Waals surface area contributed by atoms with E-state index in [1.165, 1.54) is 0 Å². The average Bonchev–Trinajstić information content (AvgIpc) is 2.86. The van der Waals surface area contributed by atoms with E-state index in [0.29, 0.717) is 6.61 Å². The normalized spacial score (nSPS) is 26.1. The Bertz CT molecular complexity index is 717. The van der Waals surface area contributed by atoms with E-state index < -0.39 is 13.7 Å². The van der Waals surface area contributed by atoms with Crippen molar-refractivity contribution in [2.24, 2.45) is 11.3 Å². The van der Waals surface area contributed by atoms with Gasteiger partial charge in [0, 0.05) is 24.8 Å². The number of hydrogen-bond acceptors (Lipinski definition) is 2. The molecule has 1 aromatic rings. The van der Waals surface area contributed by atoms with Crippen molar-refractivity contribution in [3.8, 4) is 0 Å². The molecule has 0 saturated carbocycles. The fourth-order valence-electron chi connectivity index (χ4n) is 3.55. The molecule has 2 atom stereocenters. The lowest BCUT2D eigenvalue weighted by Gasteiger charge is -2.38. The van der Waals surface area contributed by atoms with Gasteiger partial charge in [-0.05, 0) is 36.7 Å². The number of carbonyl (C=O) groups is 1. The number of carbonyl (C=O) groups excluding carboxylic acids is 1. The first-order chi connectivity index (χ1) is 12.2. The Morgan fingerprint density at radius 3 is 2.46 bits per heavy atom. The van der Waals surface area contributed by atoms with Crippen LogP contribution < -0.4 is 4.90 Å². The minimum Gasteiger partial charge on any atom is -0.416 e. The third-order valence-electron chi connectivity index (χ3n) is 6.39. The number of rotatable bonds is 4. The number of nitrogens with zero attached hydrogens (tertiary/aromatic N) is 1. The van der Waals surface area contributed by atoms with Crippen LogP contribution in [0.3, 0.4) is 0 Å². The second-order valence-electron chi connectivity index (χ2n) is 9.05. The average molecular weight is 370 g/mol. The quantitative estimate of drug-likeness (QED) is 0.685. The molecule has 0 aromatic heterocycles. The summed E-state index contributed by atoms with van der Waals surface area (Å²) in [5.41, 5.74) is 0.516. The molecule has 1 amide bonds. The molecule has 1 heterocycles. The molecular weight excluding hydrogens is 338 g/mol. The van der Waals surface area contributed by atoms with Crippen molar-refractivity contribution in [1.82, 2.24) is 0 Å². The van der Waals surface area contributed by atoms with Gasteiger partial charge in [0.1, 0.15) is 0 Å². The van der Waals surface area contributed by atoms with E-state index in [-0.39, 0.29) is 16.9 Å². The predicted octanol–water partition coefficient (Wildman–Crippen LogP) is 5.17. The van der Waals surface area contributed by atoms with Crippen molar-refractivity contribution in [2.45, 2.75) is 45.3 Å². The number of benzene rings is 1. The Kier molecular flexibility index (Phi) is 5.01. The Morgan fingerprint density at radius 2 is 1.88 bits per heavy atom. The zero-order valence-corrected chi connectivity index (χ0v) is 17.7. The van der Waals surface area contributed by atoms with Crippen molar-refractivity contribution in [3.05, 3.63) is 54.6 Å². The topological polar surface area (TPSA) is 29.5 Å². The Hall–Kier alpha value is -1.65. The van der Waals surface area contributed by atoms with E-state index in [1.54, 1.807) is 0 Å². The summed E-state index contributed by atoms with van der Waals surface area (Å²) in [6, 6.07) is 10.0. The molecule has 1 saturated heterocycles. The summed E-state index contributed by atoms with van der Waals surface area (Å²) in [5, 5.41) is 0.171. The maximum atomic E-state index is 13.4. The molecule has 1 fully saturated rings. The Labute approximate surface area is 158 Å². The zero-order chi connectivity index (χ0) is 19.0. The highest BCUT2D eigenvalue weighted by molar-refractivity contribution is 6.74. The number of para-hydroxylation sites is 1. The lowest BCUT2D eigenvalue weighted by atomic mass is 9.73. The van der Waals surface area contributed by atoms with E-state index in [9.17, 15) is 4.79 Å². The summed E-state index contributed by atoms with van der Waals surface area (Å²) in [6.45, 7) is 12.7. The molecule has 2 aliphatic rings. The van der Waals surface area contributed by atoms with Crippen LogP contribution >= 0.6 is 0 Å². The maximum absolute atomic E-state index is 13.4. The van der Waals surface area contributed by atoms with E-state index in [1.807, 2.05) is 47.4 Å². The molecule has 0 radical (unpaired) electrons. The van der Waals surface area contributed by atoms with Crippen LogP contribution in [0.15, 0.2) is 54.6 Å². The highest BCUT2D eigenvalue weighted by Gasteiger charge is 2.53. The monoisotopic (exact) mass is 369 g/mol. The summed E-state index contributed by atoms with van der Waals surface area (Å²) in [5.74, 6) is 0.374. The summed E-state index contributed by atoms with van der Waals surface area (Å²) < 4.78 is 6.54. The molecule has 1 aliphatic carbocycles. The van der Waals surface area contributed by atoms with Gasteiger partial charge in [0.15, 0.2) is 8.32 Å². The van der Waals surface area contributed by atoms with Gasteiger partial charge in [0.25, 0.3) is 0 Å². The van der Waals surface area contributed by atoms with E-state index in [4.69, 9.17) is 4.43 Å². The van der Waals surface area contributed by atoms with Gasteiger partial charge in [-0.15, -0.1) is 0 Å². The SMILES string of the molecule is CC(C)(C)[Si](C)(C)OC[C@@H]1CN(c2ccccc2)C(=O)[C@]12C=CC=CC2. The molecule has 1 aromatic carbocycles. The predicted molar refractivity (Wildman–Crippen MR) is 111 cm³/mol. The fourth-order valence-corrected chi connectivity index (χ4v) is 4.60. The van der Waals surface area contributed by atoms with Crippen molar-refractivity contribution >= 4 is 19.9 Å². The van der Waals surface area contributed by atoms with Gasteiger partial charge < -0.3 is 9.33 Å². The van der Waals surface area contributed by atoms with Gasteiger partial charge in [-0.3, -0.25) is 4.79 Å². The summed E-state index contributed by atoms with van der Waals surface area (Å²) >= 11 is 0. The molecule has 0 unspecified atom stereocenters. The number of amides is 1. The standard InChI is InChI=1S/C22H31NO2Si/c1-21(2,3)26(4,5)25-17-18-16-23(19-12-8-6-9-13-19)20(24)22(18)14-10-7-11-15-22/h6-14,18H,15-17H2,1-5H3/t18-,22-/m0/s1. The lowest BCUT2D eigenvalue weighted by Crippen LogP contribution is -2.44. The van der Waals surface area contributed by atoms with Crippen LogP contribution in [-0.4, -0.2) is 27.4 Å². The molecule has 1 spiro atoms.